The SMILES string of the molecule is CC.COc1nn(-c2cnc(C(F)(F)F)nc2)cc1CNC(=O)[C@@H]1CCCN1S(=O)(=O)c1ccc(F)cc1. The van der Waals surface area contributed by atoms with Gasteiger partial charge in [0.1, 0.15) is 17.5 Å². The van der Waals surface area contributed by atoms with E-state index in [4.69, 9.17) is 4.74 Å². The average molecular weight is 559 g/mol. The first kappa shape index (κ1) is 29.0. The van der Waals surface area contributed by atoms with E-state index in [0.29, 0.717) is 18.4 Å². The fraction of sp³-hybridized carbons (Fsp3) is 0.391. The molecule has 1 N–H and O–H groups in total. The number of rotatable bonds is 7. The Morgan fingerprint density at radius 1 is 1.16 bits per heavy atom. The van der Waals surface area contributed by atoms with Crippen LogP contribution in [0.4, 0.5) is 17.6 Å². The highest BCUT2D eigenvalue weighted by Gasteiger charge is 2.39. The zero-order chi connectivity index (χ0) is 28.1. The summed E-state index contributed by atoms with van der Waals surface area (Å²) in [5.41, 5.74) is 0.517. The molecule has 15 heteroatoms. The van der Waals surface area contributed by atoms with Crippen LogP contribution < -0.4 is 10.1 Å². The van der Waals surface area contributed by atoms with Crippen molar-refractivity contribution in [2.75, 3.05) is 13.7 Å². The number of nitrogens with one attached hydrogen (secondary N) is 1. The topological polar surface area (TPSA) is 119 Å². The molecule has 3 aromatic rings. The molecule has 10 nitrogen and oxygen atoms in total. The lowest BCUT2D eigenvalue weighted by Gasteiger charge is -2.23. The molecule has 1 aromatic carbocycles. The monoisotopic (exact) mass is 558 g/mol. The Morgan fingerprint density at radius 2 is 1.79 bits per heavy atom. The number of amides is 1. The smallest absolute Gasteiger partial charge is 0.451 e. The van der Waals surface area contributed by atoms with Crippen molar-refractivity contribution < 1.29 is 35.5 Å². The van der Waals surface area contributed by atoms with Crippen LogP contribution >= 0.6 is 0 Å². The van der Waals surface area contributed by atoms with E-state index in [0.717, 1.165) is 41.0 Å². The molecule has 206 valence electrons. The number of carbonyl (C=O) groups excluding carboxylic acids is 1. The summed E-state index contributed by atoms with van der Waals surface area (Å²) in [7, 11) is -2.69. The number of halogens is 4. The third kappa shape index (κ3) is 6.27. The molecule has 1 amide bonds. The lowest BCUT2D eigenvalue weighted by Crippen LogP contribution is -2.45. The third-order valence-corrected chi connectivity index (χ3v) is 7.40. The van der Waals surface area contributed by atoms with Crippen molar-refractivity contribution in [1.29, 1.82) is 0 Å². The Hall–Kier alpha value is -3.59. The molecule has 1 aliphatic heterocycles. The second kappa shape index (κ2) is 11.9. The van der Waals surface area contributed by atoms with Crippen molar-refractivity contribution in [3.8, 4) is 11.6 Å². The minimum atomic E-state index is -4.69. The number of hydrogen-bond acceptors (Lipinski definition) is 7. The van der Waals surface area contributed by atoms with Crippen LogP contribution in [0.15, 0.2) is 47.8 Å². The van der Waals surface area contributed by atoms with E-state index in [1.165, 1.54) is 18.0 Å². The first-order chi connectivity index (χ1) is 18.0. The maximum atomic E-state index is 13.2. The molecule has 1 fully saturated rings. The normalized spacial score (nSPS) is 16.0. The van der Waals surface area contributed by atoms with Crippen LogP contribution in [0.1, 0.15) is 38.1 Å². The second-order valence-electron chi connectivity index (χ2n) is 7.82. The molecule has 1 aliphatic rings. The molecule has 0 spiro atoms. The molecule has 2 aromatic heterocycles. The summed E-state index contributed by atoms with van der Waals surface area (Å²) in [5.74, 6) is -2.33. The van der Waals surface area contributed by atoms with Crippen molar-refractivity contribution in [2.45, 2.75) is 50.3 Å². The summed E-state index contributed by atoms with van der Waals surface area (Å²) in [6, 6.07) is 3.38. The minimum absolute atomic E-state index is 0.0928. The average Bonchev–Trinajstić information content (AvgIpc) is 3.56. The first-order valence-corrected chi connectivity index (χ1v) is 13.0. The summed E-state index contributed by atoms with van der Waals surface area (Å²) < 4.78 is 84.7. The van der Waals surface area contributed by atoms with Crippen LogP contribution in [0.5, 0.6) is 5.88 Å². The van der Waals surface area contributed by atoms with Crippen LogP contribution in [0.2, 0.25) is 0 Å². The van der Waals surface area contributed by atoms with Gasteiger partial charge in [-0.25, -0.2) is 27.5 Å². The van der Waals surface area contributed by atoms with Gasteiger partial charge in [-0.3, -0.25) is 4.79 Å². The Bertz CT molecular complexity index is 1350. The Kier molecular flexibility index (Phi) is 9.04. The van der Waals surface area contributed by atoms with Gasteiger partial charge in [0.05, 0.1) is 30.0 Å². The molecule has 0 saturated carbocycles. The maximum Gasteiger partial charge on any atom is 0.451 e. The fourth-order valence-corrected chi connectivity index (χ4v) is 5.39. The van der Waals surface area contributed by atoms with Gasteiger partial charge in [0.2, 0.25) is 27.6 Å². The molecular weight excluding hydrogens is 532 g/mol. The van der Waals surface area contributed by atoms with Crippen LogP contribution in [-0.2, 0) is 27.5 Å². The van der Waals surface area contributed by atoms with Gasteiger partial charge in [-0.2, -0.15) is 17.5 Å². The summed E-state index contributed by atoms with van der Waals surface area (Å²) in [6.45, 7) is 4.04. The second-order valence-corrected chi connectivity index (χ2v) is 9.71. The van der Waals surface area contributed by atoms with Gasteiger partial charge in [0.25, 0.3) is 0 Å². The molecule has 0 bridgehead atoms. The number of sulfonamides is 1. The molecular formula is C23H26F4N6O4S. The van der Waals surface area contributed by atoms with E-state index in [9.17, 15) is 30.8 Å². The molecule has 38 heavy (non-hydrogen) atoms. The third-order valence-electron chi connectivity index (χ3n) is 5.48. The van der Waals surface area contributed by atoms with E-state index >= 15 is 0 Å². The predicted molar refractivity (Wildman–Crippen MR) is 127 cm³/mol. The zero-order valence-corrected chi connectivity index (χ0v) is 21.6. The molecule has 4 rings (SSSR count). The maximum absolute atomic E-state index is 13.2. The summed E-state index contributed by atoms with van der Waals surface area (Å²) in [6.07, 6.45) is -0.608. The van der Waals surface area contributed by atoms with Crippen LogP contribution in [0.3, 0.4) is 0 Å². The zero-order valence-electron chi connectivity index (χ0n) is 20.7. The van der Waals surface area contributed by atoms with Gasteiger partial charge < -0.3 is 10.1 Å². The van der Waals surface area contributed by atoms with Gasteiger partial charge in [-0.15, -0.1) is 5.10 Å². The fourth-order valence-electron chi connectivity index (χ4n) is 3.74. The van der Waals surface area contributed by atoms with Crippen molar-refractivity contribution in [1.82, 2.24) is 29.4 Å². The standard InChI is InChI=1S/C21H20F4N6O4S.C2H6/c1-35-19-13(12-30(29-19)15-10-27-20(28-11-15)21(23,24)25)9-26-18(32)17-3-2-8-31(17)36(33,34)16-6-4-14(22)5-7-16;1-2/h4-7,10-12,17H,2-3,8-9H2,1H3,(H,26,32);1-2H3/t17-;/m0./s1. The van der Waals surface area contributed by atoms with E-state index in [1.807, 2.05) is 13.8 Å². The van der Waals surface area contributed by atoms with Crippen LogP contribution in [-0.4, -0.2) is 58.1 Å². The number of methoxy groups -OCH3 is 1. The number of alkyl halides is 3. The summed E-state index contributed by atoms with van der Waals surface area (Å²) in [4.78, 5) is 19.4. The Balaban J connectivity index is 0.00000195. The van der Waals surface area contributed by atoms with E-state index < -0.39 is 39.8 Å². The Labute approximate surface area is 216 Å². The van der Waals surface area contributed by atoms with Crippen LogP contribution in [0, 0.1) is 5.82 Å². The van der Waals surface area contributed by atoms with E-state index in [1.54, 1.807) is 0 Å². The van der Waals surface area contributed by atoms with Gasteiger partial charge in [-0.1, -0.05) is 13.8 Å². The molecule has 1 atom stereocenters. The molecule has 0 unspecified atom stereocenters. The van der Waals surface area contributed by atoms with Crippen molar-refractivity contribution in [2.24, 2.45) is 0 Å². The van der Waals surface area contributed by atoms with E-state index in [2.05, 4.69) is 20.4 Å². The molecule has 0 aliphatic carbocycles. The van der Waals surface area contributed by atoms with Crippen molar-refractivity contribution >= 4 is 15.9 Å². The first-order valence-electron chi connectivity index (χ1n) is 11.6. The highest BCUT2D eigenvalue weighted by molar-refractivity contribution is 7.89. The number of aromatic nitrogens is 4. The minimum Gasteiger partial charge on any atom is -0.480 e. The highest BCUT2D eigenvalue weighted by atomic mass is 32.2. The lowest BCUT2D eigenvalue weighted by atomic mass is 10.2. The molecule has 0 radical (unpaired) electrons. The number of carbonyl (C=O) groups is 1. The van der Waals surface area contributed by atoms with Gasteiger partial charge in [0, 0.05) is 19.3 Å². The quantitative estimate of drug-likeness (QED) is 0.442. The molecule has 3 heterocycles. The summed E-state index contributed by atoms with van der Waals surface area (Å²) >= 11 is 0. The number of hydrogen-bond donors (Lipinski definition) is 1. The number of benzene rings is 1. The van der Waals surface area contributed by atoms with Gasteiger partial charge in [0.15, 0.2) is 0 Å². The Morgan fingerprint density at radius 3 is 2.37 bits per heavy atom. The molecule has 1 saturated heterocycles. The van der Waals surface area contributed by atoms with Crippen LogP contribution in [0.25, 0.3) is 5.69 Å². The lowest BCUT2D eigenvalue weighted by molar-refractivity contribution is -0.145. The number of nitrogens with zero attached hydrogens (tertiary/aromatic N) is 5. The van der Waals surface area contributed by atoms with Gasteiger partial charge in [-0.05, 0) is 37.1 Å². The predicted octanol–water partition coefficient (Wildman–Crippen LogP) is 3.32. The number of ether oxygens (including phenoxy) is 1. The highest BCUT2D eigenvalue weighted by Crippen LogP contribution is 2.28. The largest absolute Gasteiger partial charge is 0.480 e. The summed E-state index contributed by atoms with van der Waals surface area (Å²) in [5, 5.41) is 6.77. The van der Waals surface area contributed by atoms with Crippen molar-refractivity contribution in [3.63, 3.8) is 0 Å². The van der Waals surface area contributed by atoms with Crippen molar-refractivity contribution in [3.05, 3.63) is 60.1 Å². The van der Waals surface area contributed by atoms with Gasteiger partial charge >= 0.3 is 6.18 Å². The van der Waals surface area contributed by atoms with E-state index in [-0.39, 0.29) is 29.6 Å².